The minimum Gasteiger partial charge on any atom is -0.479 e. The van der Waals surface area contributed by atoms with Crippen LogP contribution >= 0.6 is 15.9 Å². The van der Waals surface area contributed by atoms with Crippen molar-refractivity contribution in [1.29, 1.82) is 0 Å². The molecule has 1 aliphatic rings. The van der Waals surface area contributed by atoms with Gasteiger partial charge in [0.05, 0.1) is 6.42 Å². The third-order valence-corrected chi connectivity index (χ3v) is 2.23. The molecule has 1 heterocycles. The van der Waals surface area contributed by atoms with Crippen molar-refractivity contribution in [3.63, 3.8) is 0 Å². The first kappa shape index (κ1) is 8.56. The molecule has 2 rings (SSSR count). The van der Waals surface area contributed by atoms with Gasteiger partial charge in [-0.2, -0.15) is 0 Å². The van der Waals surface area contributed by atoms with Crippen LogP contribution in [0.1, 0.15) is 5.56 Å². The highest BCUT2D eigenvalue weighted by molar-refractivity contribution is 9.10. The Kier molecular flexibility index (Phi) is 2.00. The summed E-state index contributed by atoms with van der Waals surface area (Å²) in [5.41, 5.74) is 5.86. The van der Waals surface area contributed by atoms with E-state index in [-0.39, 0.29) is 0 Å². The number of hydrogen-bond donors (Lipinski definition) is 1. The van der Waals surface area contributed by atoms with E-state index in [1.165, 1.54) is 0 Å². The SMILES string of the molecule is NC(=O)C1[C]c2ccc(Br)cc2O1. The van der Waals surface area contributed by atoms with Crippen LogP contribution in [0.5, 0.6) is 5.75 Å². The lowest BCUT2D eigenvalue weighted by atomic mass is 10.1. The lowest BCUT2D eigenvalue weighted by Gasteiger charge is -2.03. The van der Waals surface area contributed by atoms with Crippen LogP contribution in [-0.2, 0) is 4.79 Å². The Morgan fingerprint density at radius 2 is 2.38 bits per heavy atom. The van der Waals surface area contributed by atoms with E-state index in [1.54, 1.807) is 6.07 Å². The van der Waals surface area contributed by atoms with Gasteiger partial charge in [-0.1, -0.05) is 22.0 Å². The normalized spacial score (nSPS) is 19.3. The van der Waals surface area contributed by atoms with E-state index in [0.29, 0.717) is 5.75 Å². The summed E-state index contributed by atoms with van der Waals surface area (Å²) in [5, 5.41) is 0. The van der Waals surface area contributed by atoms with Crippen LogP contribution in [0, 0.1) is 6.42 Å². The van der Waals surface area contributed by atoms with Crippen molar-refractivity contribution in [3.05, 3.63) is 34.7 Å². The van der Waals surface area contributed by atoms with E-state index < -0.39 is 12.0 Å². The molecular formula is C9H6BrNO2. The predicted molar refractivity (Wildman–Crippen MR) is 50.1 cm³/mol. The first-order chi connectivity index (χ1) is 6.16. The molecule has 0 fully saturated rings. The van der Waals surface area contributed by atoms with Crippen molar-refractivity contribution >= 4 is 21.8 Å². The first-order valence-electron chi connectivity index (χ1n) is 3.69. The lowest BCUT2D eigenvalue weighted by Crippen LogP contribution is -2.30. The number of nitrogens with two attached hydrogens (primary N) is 1. The summed E-state index contributed by atoms with van der Waals surface area (Å²) in [7, 11) is 0. The summed E-state index contributed by atoms with van der Waals surface area (Å²) in [6, 6.07) is 5.46. The van der Waals surface area contributed by atoms with E-state index in [9.17, 15) is 4.79 Å². The molecule has 0 bridgehead atoms. The van der Waals surface area contributed by atoms with Crippen LogP contribution in [0.4, 0.5) is 0 Å². The maximum absolute atomic E-state index is 10.8. The van der Waals surface area contributed by atoms with Gasteiger partial charge < -0.3 is 10.5 Å². The van der Waals surface area contributed by atoms with Gasteiger partial charge in [-0.05, 0) is 12.1 Å². The van der Waals surface area contributed by atoms with Gasteiger partial charge in [0, 0.05) is 10.0 Å². The summed E-state index contributed by atoms with van der Waals surface area (Å²) < 4.78 is 6.13. The number of amides is 1. The van der Waals surface area contributed by atoms with E-state index in [4.69, 9.17) is 10.5 Å². The number of carbonyl (C=O) groups is 1. The number of benzene rings is 1. The van der Waals surface area contributed by atoms with Crippen molar-refractivity contribution in [2.45, 2.75) is 6.10 Å². The molecule has 0 saturated heterocycles. The van der Waals surface area contributed by atoms with Crippen molar-refractivity contribution < 1.29 is 9.53 Å². The van der Waals surface area contributed by atoms with E-state index in [1.807, 2.05) is 12.1 Å². The minimum absolute atomic E-state index is 0.521. The summed E-state index contributed by atoms with van der Waals surface area (Å²) in [6.45, 7) is 0. The zero-order valence-electron chi connectivity index (χ0n) is 6.58. The second-order valence-electron chi connectivity index (χ2n) is 2.69. The molecule has 1 aromatic rings. The molecule has 1 amide bonds. The Labute approximate surface area is 84.0 Å². The first-order valence-corrected chi connectivity index (χ1v) is 4.48. The van der Waals surface area contributed by atoms with Gasteiger partial charge in [0.25, 0.3) is 5.91 Å². The largest absolute Gasteiger partial charge is 0.479 e. The molecule has 1 atom stereocenters. The van der Waals surface area contributed by atoms with Crippen LogP contribution in [-0.4, -0.2) is 12.0 Å². The Bertz CT molecular complexity index is 365. The molecule has 66 valence electrons. The van der Waals surface area contributed by atoms with Gasteiger partial charge in [-0.15, -0.1) is 0 Å². The standard InChI is InChI=1S/C9H6BrNO2/c10-6-2-1-5-3-8(9(11)12)13-7(5)4-6/h1-2,4,8H,(H2,11,12). The molecular weight excluding hydrogens is 234 g/mol. The van der Waals surface area contributed by atoms with Crippen LogP contribution in [0.3, 0.4) is 0 Å². The quantitative estimate of drug-likeness (QED) is 0.799. The van der Waals surface area contributed by atoms with Gasteiger partial charge in [0.1, 0.15) is 5.75 Å². The van der Waals surface area contributed by atoms with Crippen LogP contribution < -0.4 is 10.5 Å². The molecule has 13 heavy (non-hydrogen) atoms. The number of hydrogen-bond acceptors (Lipinski definition) is 2. The van der Waals surface area contributed by atoms with Crippen molar-refractivity contribution in [1.82, 2.24) is 0 Å². The average Bonchev–Trinajstić information content (AvgIpc) is 2.46. The van der Waals surface area contributed by atoms with E-state index in [0.717, 1.165) is 10.0 Å². The topological polar surface area (TPSA) is 52.3 Å². The van der Waals surface area contributed by atoms with Crippen LogP contribution in [0.25, 0.3) is 0 Å². The number of rotatable bonds is 1. The number of ether oxygens (including phenoxy) is 1. The second-order valence-corrected chi connectivity index (χ2v) is 3.60. The maximum Gasteiger partial charge on any atom is 0.259 e. The number of halogens is 1. The highest BCUT2D eigenvalue weighted by Crippen LogP contribution is 2.32. The molecule has 1 aromatic carbocycles. The maximum atomic E-state index is 10.8. The molecule has 0 spiro atoms. The molecule has 0 aromatic heterocycles. The zero-order chi connectivity index (χ0) is 9.42. The predicted octanol–water partition coefficient (Wildman–Crippen LogP) is 1.12. The molecule has 0 saturated carbocycles. The Morgan fingerprint density at radius 3 is 3.08 bits per heavy atom. The highest BCUT2D eigenvalue weighted by atomic mass is 79.9. The van der Waals surface area contributed by atoms with Crippen molar-refractivity contribution in [3.8, 4) is 5.75 Å². The lowest BCUT2D eigenvalue weighted by molar-refractivity contribution is -0.122. The summed E-state index contributed by atoms with van der Waals surface area (Å²) >= 11 is 3.30. The van der Waals surface area contributed by atoms with Crippen molar-refractivity contribution in [2.24, 2.45) is 5.73 Å². The van der Waals surface area contributed by atoms with Gasteiger partial charge in [-0.3, -0.25) is 4.79 Å². The van der Waals surface area contributed by atoms with Crippen molar-refractivity contribution in [2.75, 3.05) is 0 Å². The Morgan fingerprint density at radius 1 is 1.62 bits per heavy atom. The van der Waals surface area contributed by atoms with E-state index in [2.05, 4.69) is 22.4 Å². The molecule has 4 heteroatoms. The highest BCUT2D eigenvalue weighted by Gasteiger charge is 2.28. The minimum atomic E-state index is -0.746. The van der Waals surface area contributed by atoms with E-state index >= 15 is 0 Å². The molecule has 1 aliphatic heterocycles. The summed E-state index contributed by atoms with van der Waals surface area (Å²) in [5.74, 6) is 0.116. The molecule has 2 N–H and O–H groups in total. The summed E-state index contributed by atoms with van der Waals surface area (Å²) in [6.07, 6.45) is 2.10. The average molecular weight is 240 g/mol. The second kappa shape index (κ2) is 3.03. The Hall–Kier alpha value is -1.03. The molecule has 3 nitrogen and oxygen atoms in total. The Balaban J connectivity index is 2.30. The van der Waals surface area contributed by atoms with Gasteiger partial charge in [0.2, 0.25) is 0 Å². The zero-order valence-corrected chi connectivity index (χ0v) is 8.17. The van der Waals surface area contributed by atoms with Crippen LogP contribution in [0.15, 0.2) is 22.7 Å². The number of carbonyl (C=O) groups excluding carboxylic acids is 1. The van der Waals surface area contributed by atoms with Gasteiger partial charge in [0.15, 0.2) is 6.10 Å². The third-order valence-electron chi connectivity index (χ3n) is 1.73. The molecule has 0 aliphatic carbocycles. The monoisotopic (exact) mass is 239 g/mol. The summed E-state index contributed by atoms with van der Waals surface area (Å²) in [4.78, 5) is 10.8. The van der Waals surface area contributed by atoms with Crippen LogP contribution in [0.2, 0.25) is 0 Å². The molecule has 2 radical (unpaired) electrons. The molecule has 1 unspecified atom stereocenters. The third kappa shape index (κ3) is 1.54. The van der Waals surface area contributed by atoms with Gasteiger partial charge >= 0.3 is 0 Å². The number of primary amides is 1. The van der Waals surface area contributed by atoms with Gasteiger partial charge in [-0.25, -0.2) is 0 Å². The smallest absolute Gasteiger partial charge is 0.259 e. The fraction of sp³-hybridized carbons (Fsp3) is 0.111. The fourth-order valence-corrected chi connectivity index (χ4v) is 1.48. The fourth-order valence-electron chi connectivity index (χ4n) is 1.14. The number of fused-ring (bicyclic) bond motifs is 1.